The molecule has 5 heteroatoms. The summed E-state index contributed by atoms with van der Waals surface area (Å²) >= 11 is 0. The van der Waals surface area contributed by atoms with Gasteiger partial charge in [-0.2, -0.15) is 5.10 Å². The molecule has 0 saturated heterocycles. The van der Waals surface area contributed by atoms with Crippen LogP contribution in [0.1, 0.15) is 16.8 Å². The molecule has 0 spiro atoms. The van der Waals surface area contributed by atoms with E-state index < -0.39 is 5.97 Å². The molecule has 100 valence electrons. The average molecular weight is 260 g/mol. The molecule has 5 nitrogen and oxygen atoms in total. The lowest BCUT2D eigenvalue weighted by Crippen LogP contribution is -2.02. The van der Waals surface area contributed by atoms with E-state index in [0.29, 0.717) is 5.69 Å². The Morgan fingerprint density at radius 2 is 2.11 bits per heavy atom. The Hall–Kier alpha value is -2.30. The number of carboxylic acid groups (broad SMARTS) is 1. The average Bonchev–Trinajstić information content (AvgIpc) is 2.75. The van der Waals surface area contributed by atoms with Gasteiger partial charge in [0.15, 0.2) is 0 Å². The number of aromatic nitrogens is 2. The van der Waals surface area contributed by atoms with E-state index in [1.807, 2.05) is 26.0 Å². The highest BCUT2D eigenvalue weighted by atomic mass is 16.5. The number of carboxylic acids is 1. The van der Waals surface area contributed by atoms with E-state index in [1.54, 1.807) is 13.3 Å². The van der Waals surface area contributed by atoms with E-state index >= 15 is 0 Å². The molecule has 0 bridgehead atoms. The number of aromatic amines is 1. The number of aryl methyl sites for hydroxylation is 2. The number of methoxy groups -OCH3 is 1. The van der Waals surface area contributed by atoms with Gasteiger partial charge in [-0.15, -0.1) is 0 Å². The number of benzene rings is 1. The Morgan fingerprint density at radius 3 is 2.74 bits per heavy atom. The van der Waals surface area contributed by atoms with Crippen molar-refractivity contribution in [2.24, 2.45) is 0 Å². The van der Waals surface area contributed by atoms with E-state index in [0.717, 1.165) is 28.0 Å². The predicted octanol–water partition coefficient (Wildman–Crippen LogP) is 2.33. The first-order chi connectivity index (χ1) is 9.02. The van der Waals surface area contributed by atoms with Crippen molar-refractivity contribution in [3.63, 3.8) is 0 Å². The number of nitrogens with one attached hydrogen (secondary N) is 1. The molecule has 0 atom stereocenters. The molecule has 0 aliphatic rings. The normalized spacial score (nSPS) is 10.5. The number of ether oxygens (including phenoxy) is 1. The van der Waals surface area contributed by atoms with Gasteiger partial charge in [0.1, 0.15) is 5.75 Å². The topological polar surface area (TPSA) is 75.2 Å². The van der Waals surface area contributed by atoms with Gasteiger partial charge in [0.2, 0.25) is 0 Å². The predicted molar refractivity (Wildman–Crippen MR) is 71.4 cm³/mol. The van der Waals surface area contributed by atoms with Crippen LogP contribution >= 0.6 is 0 Å². The zero-order chi connectivity index (χ0) is 14.0. The van der Waals surface area contributed by atoms with Crippen LogP contribution < -0.4 is 4.74 Å². The summed E-state index contributed by atoms with van der Waals surface area (Å²) in [5.41, 5.74) is 4.32. The first-order valence-electron chi connectivity index (χ1n) is 5.92. The van der Waals surface area contributed by atoms with E-state index in [1.165, 1.54) is 0 Å². The molecule has 19 heavy (non-hydrogen) atoms. The molecule has 0 aliphatic carbocycles. The molecule has 1 aromatic carbocycles. The highest BCUT2D eigenvalue weighted by Gasteiger charge is 2.16. The summed E-state index contributed by atoms with van der Waals surface area (Å²) in [5.74, 6) is -0.146. The SMILES string of the molecule is COc1c(C)cc(C)cc1-c1cn[nH]c1CC(=O)O. The molecule has 1 heterocycles. The zero-order valence-corrected chi connectivity index (χ0v) is 11.2. The zero-order valence-electron chi connectivity index (χ0n) is 11.2. The number of aliphatic carboxylic acids is 1. The van der Waals surface area contributed by atoms with Gasteiger partial charge in [-0.25, -0.2) is 0 Å². The molecule has 0 aliphatic heterocycles. The third kappa shape index (κ3) is 2.59. The summed E-state index contributed by atoms with van der Waals surface area (Å²) in [4.78, 5) is 10.9. The van der Waals surface area contributed by atoms with Crippen molar-refractivity contribution in [2.45, 2.75) is 20.3 Å². The fraction of sp³-hybridized carbons (Fsp3) is 0.286. The molecule has 0 fully saturated rings. The summed E-state index contributed by atoms with van der Waals surface area (Å²) in [6, 6.07) is 4.00. The largest absolute Gasteiger partial charge is 0.496 e. The Balaban J connectivity index is 2.58. The van der Waals surface area contributed by atoms with Crippen LogP contribution in [0.4, 0.5) is 0 Å². The first-order valence-corrected chi connectivity index (χ1v) is 5.92. The van der Waals surface area contributed by atoms with Crippen LogP contribution in [0.5, 0.6) is 5.75 Å². The minimum atomic E-state index is -0.895. The third-order valence-electron chi connectivity index (χ3n) is 2.96. The van der Waals surface area contributed by atoms with Crippen LogP contribution in [0.3, 0.4) is 0 Å². The second kappa shape index (κ2) is 5.14. The Bertz CT molecular complexity index is 617. The van der Waals surface area contributed by atoms with Crippen LogP contribution in [-0.4, -0.2) is 28.4 Å². The molecule has 0 saturated carbocycles. The van der Waals surface area contributed by atoms with E-state index in [9.17, 15) is 4.79 Å². The smallest absolute Gasteiger partial charge is 0.309 e. The van der Waals surface area contributed by atoms with Crippen molar-refractivity contribution in [1.29, 1.82) is 0 Å². The first kappa shape index (κ1) is 13.1. The number of nitrogens with zero attached hydrogens (tertiary/aromatic N) is 1. The molecule has 2 N–H and O–H groups in total. The van der Waals surface area contributed by atoms with Gasteiger partial charge >= 0.3 is 5.97 Å². The Morgan fingerprint density at radius 1 is 1.37 bits per heavy atom. The lowest BCUT2D eigenvalue weighted by atomic mass is 9.98. The van der Waals surface area contributed by atoms with Gasteiger partial charge in [-0.05, 0) is 31.0 Å². The molecule has 0 amide bonds. The summed E-state index contributed by atoms with van der Waals surface area (Å²) in [6.45, 7) is 3.96. The van der Waals surface area contributed by atoms with E-state index in [2.05, 4.69) is 10.2 Å². The number of rotatable bonds is 4. The van der Waals surface area contributed by atoms with E-state index in [-0.39, 0.29) is 6.42 Å². The van der Waals surface area contributed by atoms with Crippen LogP contribution in [0.25, 0.3) is 11.1 Å². The van der Waals surface area contributed by atoms with Gasteiger partial charge < -0.3 is 9.84 Å². The van der Waals surface area contributed by atoms with E-state index in [4.69, 9.17) is 9.84 Å². The van der Waals surface area contributed by atoms with Crippen LogP contribution in [0.2, 0.25) is 0 Å². The number of hydrogen-bond donors (Lipinski definition) is 2. The van der Waals surface area contributed by atoms with Gasteiger partial charge in [0, 0.05) is 11.1 Å². The highest BCUT2D eigenvalue weighted by Crippen LogP contribution is 2.35. The minimum absolute atomic E-state index is 0.0918. The lowest BCUT2D eigenvalue weighted by Gasteiger charge is -2.12. The van der Waals surface area contributed by atoms with Crippen molar-refractivity contribution in [1.82, 2.24) is 10.2 Å². The van der Waals surface area contributed by atoms with Crippen LogP contribution in [-0.2, 0) is 11.2 Å². The molecule has 0 unspecified atom stereocenters. The monoisotopic (exact) mass is 260 g/mol. The minimum Gasteiger partial charge on any atom is -0.496 e. The summed E-state index contributed by atoms with van der Waals surface area (Å²) < 4.78 is 5.43. The summed E-state index contributed by atoms with van der Waals surface area (Å²) in [6.07, 6.45) is 1.54. The number of carbonyl (C=O) groups is 1. The van der Waals surface area contributed by atoms with Crippen LogP contribution in [0, 0.1) is 13.8 Å². The molecule has 1 aromatic heterocycles. The fourth-order valence-electron chi connectivity index (χ4n) is 2.26. The molecular formula is C14H16N2O3. The second-order valence-electron chi connectivity index (χ2n) is 4.50. The van der Waals surface area contributed by atoms with Gasteiger partial charge in [-0.1, -0.05) is 6.07 Å². The second-order valence-corrected chi connectivity index (χ2v) is 4.50. The Labute approximate surface area is 111 Å². The van der Waals surface area contributed by atoms with Crippen molar-refractivity contribution in [3.8, 4) is 16.9 Å². The molecule has 2 aromatic rings. The third-order valence-corrected chi connectivity index (χ3v) is 2.96. The fourth-order valence-corrected chi connectivity index (χ4v) is 2.26. The maximum Gasteiger partial charge on any atom is 0.309 e. The van der Waals surface area contributed by atoms with Gasteiger partial charge in [0.25, 0.3) is 0 Å². The van der Waals surface area contributed by atoms with Crippen LogP contribution in [0.15, 0.2) is 18.3 Å². The lowest BCUT2D eigenvalue weighted by molar-refractivity contribution is -0.136. The Kier molecular flexibility index (Phi) is 3.55. The summed E-state index contributed by atoms with van der Waals surface area (Å²) in [5, 5.41) is 15.6. The maximum absolute atomic E-state index is 10.9. The summed E-state index contributed by atoms with van der Waals surface area (Å²) in [7, 11) is 1.61. The molecule has 2 rings (SSSR count). The van der Waals surface area contributed by atoms with Crippen molar-refractivity contribution in [2.75, 3.05) is 7.11 Å². The van der Waals surface area contributed by atoms with Gasteiger partial charge in [0.05, 0.1) is 25.4 Å². The standard InChI is InChI=1S/C14H16N2O3/c1-8-4-9(2)14(19-3)10(5-8)11-7-15-16-12(11)6-13(17)18/h4-5,7H,6H2,1-3H3,(H,15,16)(H,17,18). The maximum atomic E-state index is 10.9. The number of H-pyrrole nitrogens is 1. The van der Waals surface area contributed by atoms with Crippen molar-refractivity contribution < 1.29 is 14.6 Å². The quantitative estimate of drug-likeness (QED) is 0.884. The van der Waals surface area contributed by atoms with Gasteiger partial charge in [-0.3, -0.25) is 9.89 Å². The molecule has 0 radical (unpaired) electrons. The highest BCUT2D eigenvalue weighted by molar-refractivity contribution is 5.78. The van der Waals surface area contributed by atoms with Crippen molar-refractivity contribution >= 4 is 5.97 Å². The molecular weight excluding hydrogens is 244 g/mol. The van der Waals surface area contributed by atoms with Crippen molar-refractivity contribution in [3.05, 3.63) is 35.2 Å². The number of hydrogen-bond acceptors (Lipinski definition) is 3.